The predicted octanol–water partition coefficient (Wildman–Crippen LogP) is 4.45. The Labute approximate surface area is 145 Å². The van der Waals surface area contributed by atoms with Gasteiger partial charge in [0.25, 0.3) is 0 Å². The molecule has 3 nitrogen and oxygen atoms in total. The Balaban J connectivity index is 1.60. The van der Waals surface area contributed by atoms with E-state index in [1.54, 1.807) is 0 Å². The van der Waals surface area contributed by atoms with Crippen LogP contribution in [0.5, 0.6) is 0 Å². The fourth-order valence-electron chi connectivity index (χ4n) is 6.73. The van der Waals surface area contributed by atoms with E-state index in [0.29, 0.717) is 23.5 Å². The number of Topliss-reactive ketones (excluding diaryl/α,β-unsaturated/α-hetero) is 1. The number of ketones is 1. The SMILES string of the molecule is CC(=O)O[C@H]1CC[C@@]2(C)C(=CC[C@@H]3[C@H]4CCC(=O)[C@@]4(C)CC[C@@H]32)C1. The minimum Gasteiger partial charge on any atom is -0.462 e. The van der Waals surface area contributed by atoms with Gasteiger partial charge in [-0.1, -0.05) is 25.5 Å². The van der Waals surface area contributed by atoms with Crippen molar-refractivity contribution in [3.8, 4) is 0 Å². The Hall–Kier alpha value is -1.12. The first-order valence-corrected chi connectivity index (χ1v) is 9.74. The van der Waals surface area contributed by atoms with Crippen LogP contribution >= 0.6 is 0 Å². The average molecular weight is 330 g/mol. The zero-order valence-electron chi connectivity index (χ0n) is 15.3. The van der Waals surface area contributed by atoms with Gasteiger partial charge in [-0.2, -0.15) is 0 Å². The number of hydrogen-bond acceptors (Lipinski definition) is 3. The first-order valence-electron chi connectivity index (χ1n) is 9.74. The van der Waals surface area contributed by atoms with Crippen LogP contribution in [0, 0.1) is 28.6 Å². The Morgan fingerprint density at radius 1 is 1.12 bits per heavy atom. The number of rotatable bonds is 1. The number of ether oxygens (including phenoxy) is 1. The van der Waals surface area contributed by atoms with Crippen molar-refractivity contribution in [1.29, 1.82) is 0 Å². The van der Waals surface area contributed by atoms with E-state index in [9.17, 15) is 9.59 Å². The third-order valence-corrected chi connectivity index (χ3v) is 8.10. The first-order chi connectivity index (χ1) is 11.3. The Bertz CT molecular complexity index is 606. The van der Waals surface area contributed by atoms with Gasteiger partial charge in [0.15, 0.2) is 0 Å². The lowest BCUT2D eigenvalue weighted by molar-refractivity contribution is -0.148. The van der Waals surface area contributed by atoms with Crippen LogP contribution in [0.4, 0.5) is 0 Å². The lowest BCUT2D eigenvalue weighted by Crippen LogP contribution is -2.50. The highest BCUT2D eigenvalue weighted by molar-refractivity contribution is 5.87. The van der Waals surface area contributed by atoms with E-state index in [1.807, 2.05) is 0 Å². The topological polar surface area (TPSA) is 43.4 Å². The highest BCUT2D eigenvalue weighted by Crippen LogP contribution is 2.64. The number of allylic oxidation sites excluding steroid dienone is 1. The van der Waals surface area contributed by atoms with Crippen molar-refractivity contribution >= 4 is 11.8 Å². The van der Waals surface area contributed by atoms with Gasteiger partial charge in [-0.05, 0) is 61.7 Å². The molecule has 4 aliphatic carbocycles. The van der Waals surface area contributed by atoms with Gasteiger partial charge >= 0.3 is 5.97 Å². The first kappa shape index (κ1) is 16.4. The summed E-state index contributed by atoms with van der Waals surface area (Å²) in [4.78, 5) is 23.7. The number of carbonyl (C=O) groups is 2. The maximum absolute atomic E-state index is 12.4. The Morgan fingerprint density at radius 2 is 1.83 bits per heavy atom. The molecular weight excluding hydrogens is 300 g/mol. The standard InChI is InChI=1S/C21H30O3/c1-13(22)24-15-8-10-20(2)14(12-15)4-5-16-17-6-7-19(23)21(17,3)11-9-18(16)20/h4,15-18H,5-12H2,1-3H3/t15-,16+,17+,18-,20-,21-/m0/s1. The molecule has 0 bridgehead atoms. The second-order valence-corrected chi connectivity index (χ2v) is 9.15. The molecule has 0 aliphatic heterocycles. The largest absolute Gasteiger partial charge is 0.462 e. The molecule has 3 saturated carbocycles. The minimum absolute atomic E-state index is 0.0438. The van der Waals surface area contributed by atoms with Crippen molar-refractivity contribution in [3.63, 3.8) is 0 Å². The smallest absolute Gasteiger partial charge is 0.302 e. The number of esters is 1. The number of hydrogen-bond donors (Lipinski definition) is 0. The third-order valence-electron chi connectivity index (χ3n) is 8.10. The van der Waals surface area contributed by atoms with Crippen molar-refractivity contribution in [2.75, 3.05) is 0 Å². The van der Waals surface area contributed by atoms with Crippen LogP contribution in [0.2, 0.25) is 0 Å². The van der Waals surface area contributed by atoms with Crippen LogP contribution < -0.4 is 0 Å². The van der Waals surface area contributed by atoms with Gasteiger partial charge in [0.1, 0.15) is 11.9 Å². The monoisotopic (exact) mass is 330 g/mol. The maximum Gasteiger partial charge on any atom is 0.302 e. The fraction of sp³-hybridized carbons (Fsp3) is 0.810. The molecule has 0 amide bonds. The van der Waals surface area contributed by atoms with E-state index in [2.05, 4.69) is 19.9 Å². The highest BCUT2D eigenvalue weighted by Gasteiger charge is 2.58. The van der Waals surface area contributed by atoms with Crippen LogP contribution in [-0.4, -0.2) is 17.9 Å². The van der Waals surface area contributed by atoms with Crippen molar-refractivity contribution in [3.05, 3.63) is 11.6 Å². The molecule has 6 atom stereocenters. The summed E-state index contributed by atoms with van der Waals surface area (Å²) in [6, 6.07) is 0. The lowest BCUT2D eigenvalue weighted by Gasteiger charge is -2.56. The molecule has 0 saturated heterocycles. The van der Waals surface area contributed by atoms with Gasteiger partial charge in [-0.3, -0.25) is 9.59 Å². The number of fused-ring (bicyclic) bond motifs is 5. The summed E-state index contributed by atoms with van der Waals surface area (Å²) in [5, 5.41) is 0. The van der Waals surface area contributed by atoms with Crippen molar-refractivity contribution in [2.45, 2.75) is 78.2 Å². The predicted molar refractivity (Wildman–Crippen MR) is 92.3 cm³/mol. The molecule has 0 unspecified atom stereocenters. The molecule has 0 N–H and O–H groups in total. The summed E-state index contributed by atoms with van der Waals surface area (Å²) in [7, 11) is 0. The fourth-order valence-corrected chi connectivity index (χ4v) is 6.73. The van der Waals surface area contributed by atoms with Crippen LogP contribution in [0.3, 0.4) is 0 Å². The second kappa shape index (κ2) is 5.44. The summed E-state index contributed by atoms with van der Waals surface area (Å²) in [6.07, 6.45) is 10.8. The van der Waals surface area contributed by atoms with Gasteiger partial charge in [0.2, 0.25) is 0 Å². The average Bonchev–Trinajstić information content (AvgIpc) is 2.83. The van der Waals surface area contributed by atoms with Crippen molar-refractivity contribution in [2.24, 2.45) is 28.6 Å². The molecule has 0 aromatic rings. The summed E-state index contributed by atoms with van der Waals surface area (Å²) in [5.41, 5.74) is 1.74. The Kier molecular flexibility index (Phi) is 3.71. The molecule has 0 radical (unpaired) electrons. The van der Waals surface area contributed by atoms with E-state index in [1.165, 1.54) is 18.9 Å². The van der Waals surface area contributed by atoms with Crippen molar-refractivity contribution in [1.82, 2.24) is 0 Å². The lowest BCUT2D eigenvalue weighted by atomic mass is 9.48. The molecule has 3 heteroatoms. The molecule has 0 heterocycles. The normalized spacial score (nSPS) is 47.3. The molecular formula is C21H30O3. The third kappa shape index (κ3) is 2.23. The van der Waals surface area contributed by atoms with E-state index >= 15 is 0 Å². The van der Waals surface area contributed by atoms with E-state index in [0.717, 1.165) is 44.9 Å². The molecule has 0 spiro atoms. The Morgan fingerprint density at radius 3 is 2.58 bits per heavy atom. The molecule has 0 aromatic heterocycles. The van der Waals surface area contributed by atoms with Gasteiger partial charge in [-0.15, -0.1) is 0 Å². The quantitative estimate of drug-likeness (QED) is 0.527. The maximum atomic E-state index is 12.4. The van der Waals surface area contributed by atoms with E-state index < -0.39 is 0 Å². The van der Waals surface area contributed by atoms with E-state index in [4.69, 9.17) is 4.74 Å². The molecule has 132 valence electrons. The van der Waals surface area contributed by atoms with E-state index in [-0.39, 0.29) is 22.9 Å². The van der Waals surface area contributed by atoms with Gasteiger partial charge in [0, 0.05) is 25.2 Å². The molecule has 24 heavy (non-hydrogen) atoms. The van der Waals surface area contributed by atoms with Gasteiger partial charge in [-0.25, -0.2) is 0 Å². The van der Waals surface area contributed by atoms with Gasteiger partial charge < -0.3 is 4.74 Å². The van der Waals surface area contributed by atoms with Gasteiger partial charge in [0.05, 0.1) is 0 Å². The zero-order chi connectivity index (χ0) is 17.1. The molecule has 4 aliphatic rings. The van der Waals surface area contributed by atoms with Crippen LogP contribution in [0.15, 0.2) is 11.6 Å². The zero-order valence-corrected chi connectivity index (χ0v) is 15.3. The van der Waals surface area contributed by atoms with Crippen LogP contribution in [0.1, 0.15) is 72.1 Å². The summed E-state index contributed by atoms with van der Waals surface area (Å²) >= 11 is 0. The van der Waals surface area contributed by atoms with Crippen LogP contribution in [0.25, 0.3) is 0 Å². The minimum atomic E-state index is -0.157. The van der Waals surface area contributed by atoms with Crippen molar-refractivity contribution < 1.29 is 14.3 Å². The molecule has 0 aromatic carbocycles. The molecule has 4 rings (SSSR count). The highest BCUT2D eigenvalue weighted by atomic mass is 16.5. The summed E-state index contributed by atoms with van der Waals surface area (Å²) < 4.78 is 5.50. The summed E-state index contributed by atoms with van der Waals surface area (Å²) in [5.74, 6) is 2.33. The van der Waals surface area contributed by atoms with Crippen LogP contribution in [-0.2, 0) is 14.3 Å². The number of carbonyl (C=O) groups excluding carboxylic acids is 2. The molecule has 3 fully saturated rings. The summed E-state index contributed by atoms with van der Waals surface area (Å²) in [6.45, 7) is 6.19. The second-order valence-electron chi connectivity index (χ2n) is 9.15.